The second-order valence-electron chi connectivity index (χ2n) is 4.10. The summed E-state index contributed by atoms with van der Waals surface area (Å²) in [5, 5.41) is 3.42. The summed E-state index contributed by atoms with van der Waals surface area (Å²) in [5.41, 5.74) is 0.539. The molecule has 1 N–H and O–H groups in total. The molecule has 0 aromatic rings. The van der Waals surface area contributed by atoms with Gasteiger partial charge in [-0.05, 0) is 24.3 Å². The van der Waals surface area contributed by atoms with E-state index in [1.54, 1.807) is 0 Å². The van der Waals surface area contributed by atoms with Gasteiger partial charge in [0, 0.05) is 6.54 Å². The molecule has 0 saturated carbocycles. The molecule has 1 saturated heterocycles. The molecule has 0 spiro atoms. The van der Waals surface area contributed by atoms with Crippen LogP contribution in [0.25, 0.3) is 0 Å². The molecule has 0 aromatic heterocycles. The normalized spacial score (nSPS) is 28.6. The van der Waals surface area contributed by atoms with E-state index in [2.05, 4.69) is 26.1 Å². The molecule has 1 aliphatic heterocycles. The first-order valence-electron chi connectivity index (χ1n) is 4.81. The number of rotatable bonds is 0. The fourth-order valence-electron chi connectivity index (χ4n) is 1.74. The highest BCUT2D eigenvalue weighted by Crippen LogP contribution is 2.27. The van der Waals surface area contributed by atoms with Crippen molar-refractivity contribution in [1.82, 2.24) is 5.32 Å². The Bertz CT molecular complexity index is 97.0. The lowest BCUT2D eigenvalue weighted by Gasteiger charge is -2.34. The molecule has 1 fully saturated rings. The smallest absolute Gasteiger partial charge is 0.000274 e. The van der Waals surface area contributed by atoms with E-state index in [1.807, 2.05) is 13.8 Å². The Morgan fingerprint density at radius 2 is 1.82 bits per heavy atom. The fraction of sp³-hybridized carbons (Fsp3) is 1.00. The third-order valence-corrected chi connectivity index (χ3v) is 2.00. The molecule has 1 heterocycles. The Labute approximate surface area is 71.6 Å². The van der Waals surface area contributed by atoms with Crippen LogP contribution in [0.1, 0.15) is 41.0 Å². The molecule has 1 aliphatic rings. The van der Waals surface area contributed by atoms with Gasteiger partial charge in [0.05, 0.1) is 0 Å². The SMILES string of the molecule is CC.CC1CNCC(C)(C)C1. The van der Waals surface area contributed by atoms with Gasteiger partial charge in [-0.15, -0.1) is 0 Å². The van der Waals surface area contributed by atoms with Gasteiger partial charge < -0.3 is 5.32 Å². The molecule has 68 valence electrons. The van der Waals surface area contributed by atoms with E-state index in [-0.39, 0.29) is 0 Å². The fourth-order valence-corrected chi connectivity index (χ4v) is 1.74. The number of hydrogen-bond donors (Lipinski definition) is 1. The Kier molecular flexibility index (Phi) is 4.74. The maximum Gasteiger partial charge on any atom is 0.000274 e. The Hall–Kier alpha value is -0.0400. The third-order valence-electron chi connectivity index (χ3n) is 2.00. The summed E-state index contributed by atoms with van der Waals surface area (Å²) in [4.78, 5) is 0. The second-order valence-corrected chi connectivity index (χ2v) is 4.10. The summed E-state index contributed by atoms with van der Waals surface area (Å²) in [6, 6.07) is 0. The van der Waals surface area contributed by atoms with Crippen molar-refractivity contribution in [2.24, 2.45) is 11.3 Å². The maximum absolute atomic E-state index is 3.42. The van der Waals surface area contributed by atoms with Crippen LogP contribution < -0.4 is 5.32 Å². The molecule has 0 aromatic carbocycles. The predicted octanol–water partition coefficient (Wildman–Crippen LogP) is 2.67. The summed E-state index contributed by atoms with van der Waals surface area (Å²) >= 11 is 0. The van der Waals surface area contributed by atoms with E-state index < -0.39 is 0 Å². The molecule has 1 nitrogen and oxygen atoms in total. The van der Waals surface area contributed by atoms with Crippen molar-refractivity contribution in [1.29, 1.82) is 0 Å². The summed E-state index contributed by atoms with van der Waals surface area (Å²) in [6.45, 7) is 13.4. The minimum atomic E-state index is 0.539. The summed E-state index contributed by atoms with van der Waals surface area (Å²) in [5.74, 6) is 0.869. The number of hydrogen-bond acceptors (Lipinski definition) is 1. The Balaban J connectivity index is 0.000000461. The van der Waals surface area contributed by atoms with Crippen LogP contribution in [-0.2, 0) is 0 Å². The molecule has 0 bridgehead atoms. The van der Waals surface area contributed by atoms with Gasteiger partial charge in [0.1, 0.15) is 0 Å². The van der Waals surface area contributed by atoms with Crippen LogP contribution in [0.3, 0.4) is 0 Å². The van der Waals surface area contributed by atoms with E-state index in [0.717, 1.165) is 5.92 Å². The van der Waals surface area contributed by atoms with Gasteiger partial charge in [0.2, 0.25) is 0 Å². The first-order chi connectivity index (χ1) is 5.10. The molecule has 11 heavy (non-hydrogen) atoms. The molecular formula is C10H23N. The van der Waals surface area contributed by atoms with E-state index >= 15 is 0 Å². The summed E-state index contributed by atoms with van der Waals surface area (Å²) < 4.78 is 0. The lowest BCUT2D eigenvalue weighted by Crippen LogP contribution is -2.40. The topological polar surface area (TPSA) is 12.0 Å². The van der Waals surface area contributed by atoms with Crippen LogP contribution in [0.15, 0.2) is 0 Å². The van der Waals surface area contributed by atoms with E-state index in [9.17, 15) is 0 Å². The molecule has 0 amide bonds. The molecule has 1 atom stereocenters. The van der Waals surface area contributed by atoms with E-state index in [1.165, 1.54) is 19.5 Å². The molecule has 1 rings (SSSR count). The van der Waals surface area contributed by atoms with Crippen molar-refractivity contribution in [3.63, 3.8) is 0 Å². The Morgan fingerprint density at radius 1 is 1.27 bits per heavy atom. The van der Waals surface area contributed by atoms with Crippen LogP contribution >= 0.6 is 0 Å². The second kappa shape index (κ2) is 4.76. The lowest BCUT2D eigenvalue weighted by molar-refractivity contribution is 0.211. The van der Waals surface area contributed by atoms with Gasteiger partial charge in [-0.1, -0.05) is 34.6 Å². The van der Waals surface area contributed by atoms with Crippen molar-refractivity contribution in [3.8, 4) is 0 Å². The van der Waals surface area contributed by atoms with Crippen LogP contribution in [0.2, 0.25) is 0 Å². The zero-order valence-electron chi connectivity index (χ0n) is 8.70. The zero-order chi connectivity index (χ0) is 8.91. The average Bonchev–Trinajstić information content (AvgIpc) is 1.89. The van der Waals surface area contributed by atoms with Crippen molar-refractivity contribution in [3.05, 3.63) is 0 Å². The minimum absolute atomic E-state index is 0.539. The van der Waals surface area contributed by atoms with Gasteiger partial charge >= 0.3 is 0 Å². The minimum Gasteiger partial charge on any atom is -0.316 e. The molecular weight excluding hydrogens is 134 g/mol. The van der Waals surface area contributed by atoms with Crippen molar-refractivity contribution in [2.75, 3.05) is 13.1 Å². The molecule has 0 aliphatic carbocycles. The number of piperidine rings is 1. The van der Waals surface area contributed by atoms with E-state index in [4.69, 9.17) is 0 Å². The van der Waals surface area contributed by atoms with Gasteiger partial charge in [-0.2, -0.15) is 0 Å². The first-order valence-corrected chi connectivity index (χ1v) is 4.81. The average molecular weight is 157 g/mol. The largest absolute Gasteiger partial charge is 0.316 e. The van der Waals surface area contributed by atoms with Gasteiger partial charge in [0.25, 0.3) is 0 Å². The first kappa shape index (κ1) is 11.0. The molecule has 1 heteroatoms. The third kappa shape index (κ3) is 4.41. The lowest BCUT2D eigenvalue weighted by atomic mass is 9.80. The predicted molar refractivity (Wildman–Crippen MR) is 51.8 cm³/mol. The van der Waals surface area contributed by atoms with Gasteiger partial charge in [-0.3, -0.25) is 0 Å². The standard InChI is InChI=1S/C8H17N.C2H6/c1-7-4-8(2,3)6-9-5-7;1-2/h7,9H,4-6H2,1-3H3;1-2H3. The van der Waals surface area contributed by atoms with Crippen LogP contribution in [0, 0.1) is 11.3 Å². The quantitative estimate of drug-likeness (QED) is 0.570. The highest BCUT2D eigenvalue weighted by Gasteiger charge is 2.24. The number of nitrogens with one attached hydrogen (secondary N) is 1. The summed E-state index contributed by atoms with van der Waals surface area (Å²) in [6.07, 6.45) is 1.38. The highest BCUT2D eigenvalue weighted by atomic mass is 14.9. The van der Waals surface area contributed by atoms with Crippen LogP contribution in [0.4, 0.5) is 0 Å². The van der Waals surface area contributed by atoms with Crippen molar-refractivity contribution >= 4 is 0 Å². The monoisotopic (exact) mass is 157 g/mol. The maximum atomic E-state index is 3.42. The zero-order valence-corrected chi connectivity index (χ0v) is 8.70. The van der Waals surface area contributed by atoms with Gasteiger partial charge in [-0.25, -0.2) is 0 Å². The van der Waals surface area contributed by atoms with Gasteiger partial charge in [0.15, 0.2) is 0 Å². The summed E-state index contributed by atoms with van der Waals surface area (Å²) in [7, 11) is 0. The van der Waals surface area contributed by atoms with Crippen LogP contribution in [-0.4, -0.2) is 13.1 Å². The van der Waals surface area contributed by atoms with Crippen molar-refractivity contribution in [2.45, 2.75) is 41.0 Å². The van der Waals surface area contributed by atoms with E-state index in [0.29, 0.717) is 5.41 Å². The highest BCUT2D eigenvalue weighted by molar-refractivity contribution is 4.79. The molecule has 1 unspecified atom stereocenters. The Morgan fingerprint density at radius 3 is 2.09 bits per heavy atom. The van der Waals surface area contributed by atoms with Crippen LogP contribution in [0.5, 0.6) is 0 Å². The van der Waals surface area contributed by atoms with Crippen molar-refractivity contribution < 1.29 is 0 Å². The molecule has 0 radical (unpaired) electrons.